The van der Waals surface area contributed by atoms with Gasteiger partial charge in [0.2, 0.25) is 0 Å². The van der Waals surface area contributed by atoms with Crippen LogP contribution in [0.2, 0.25) is 5.02 Å². The van der Waals surface area contributed by atoms with Crippen molar-refractivity contribution in [1.29, 1.82) is 0 Å². The van der Waals surface area contributed by atoms with E-state index in [4.69, 9.17) is 16.3 Å². The summed E-state index contributed by atoms with van der Waals surface area (Å²) in [4.78, 5) is 34.8. The molecule has 31 heavy (non-hydrogen) atoms. The first-order valence-corrected chi connectivity index (χ1v) is 12.0. The molecule has 0 bridgehead atoms. The molecule has 1 aliphatic rings. The molecule has 1 amide bonds. The van der Waals surface area contributed by atoms with E-state index in [1.807, 2.05) is 51.7 Å². The first-order chi connectivity index (χ1) is 15.0. The number of ether oxygens (including phenoxy) is 1. The van der Waals surface area contributed by atoms with E-state index < -0.39 is 6.04 Å². The molecule has 4 rings (SSSR count). The van der Waals surface area contributed by atoms with E-state index in [1.54, 1.807) is 17.4 Å². The van der Waals surface area contributed by atoms with E-state index in [2.05, 4.69) is 4.98 Å². The summed E-state index contributed by atoms with van der Waals surface area (Å²) in [5, 5.41) is 5.43. The van der Waals surface area contributed by atoms with Crippen molar-refractivity contribution < 1.29 is 14.3 Å². The van der Waals surface area contributed by atoms with Crippen molar-refractivity contribution in [2.75, 3.05) is 33.3 Å². The molecule has 162 valence electrons. The molecular formula is C22H22ClN3O3S2. The number of halogens is 1. The van der Waals surface area contributed by atoms with Gasteiger partial charge in [-0.25, -0.2) is 9.78 Å². The van der Waals surface area contributed by atoms with Crippen LogP contribution >= 0.6 is 34.3 Å². The number of amides is 1. The van der Waals surface area contributed by atoms with Gasteiger partial charge in [0.1, 0.15) is 15.9 Å². The highest BCUT2D eigenvalue weighted by Gasteiger charge is 2.34. The van der Waals surface area contributed by atoms with Crippen molar-refractivity contribution in [3.8, 4) is 10.6 Å². The molecule has 0 radical (unpaired) electrons. The van der Waals surface area contributed by atoms with Crippen molar-refractivity contribution in [2.24, 2.45) is 0 Å². The highest BCUT2D eigenvalue weighted by atomic mass is 35.5. The fraction of sp³-hybridized carbons (Fsp3) is 0.318. The lowest BCUT2D eigenvalue weighted by Gasteiger charge is -2.38. The van der Waals surface area contributed by atoms with Crippen LogP contribution in [0.25, 0.3) is 10.6 Å². The molecule has 3 heterocycles. The number of methoxy groups -OCH3 is 1. The van der Waals surface area contributed by atoms with Crippen molar-refractivity contribution in [2.45, 2.75) is 13.0 Å². The Labute approximate surface area is 194 Å². The van der Waals surface area contributed by atoms with E-state index in [-0.39, 0.29) is 11.9 Å². The molecule has 2 aromatic heterocycles. The average molecular weight is 476 g/mol. The second-order valence-electron chi connectivity index (χ2n) is 7.22. The molecule has 1 fully saturated rings. The molecule has 6 nitrogen and oxygen atoms in total. The predicted molar refractivity (Wildman–Crippen MR) is 124 cm³/mol. The van der Waals surface area contributed by atoms with Gasteiger partial charge in [0.15, 0.2) is 0 Å². The Balaban J connectivity index is 1.48. The van der Waals surface area contributed by atoms with Crippen molar-refractivity contribution in [1.82, 2.24) is 14.8 Å². The summed E-state index contributed by atoms with van der Waals surface area (Å²) in [6.45, 7) is 4.00. The summed E-state index contributed by atoms with van der Waals surface area (Å²) in [6.07, 6.45) is 0. The van der Waals surface area contributed by atoms with Gasteiger partial charge in [-0.3, -0.25) is 9.69 Å². The summed E-state index contributed by atoms with van der Waals surface area (Å²) in [6, 6.07) is 8.72. The molecule has 1 saturated heterocycles. The average Bonchev–Trinajstić information content (AvgIpc) is 3.45. The van der Waals surface area contributed by atoms with Gasteiger partial charge in [-0.1, -0.05) is 29.8 Å². The monoisotopic (exact) mass is 475 g/mol. The lowest BCUT2D eigenvalue weighted by molar-refractivity contribution is -0.148. The Morgan fingerprint density at radius 1 is 1.16 bits per heavy atom. The molecule has 1 unspecified atom stereocenters. The molecule has 1 aromatic carbocycles. The molecule has 0 N–H and O–H groups in total. The van der Waals surface area contributed by atoms with Gasteiger partial charge in [-0.2, -0.15) is 11.3 Å². The summed E-state index contributed by atoms with van der Waals surface area (Å²) in [5.74, 6) is -0.366. The highest BCUT2D eigenvalue weighted by molar-refractivity contribution is 7.17. The van der Waals surface area contributed by atoms with E-state index >= 15 is 0 Å². The van der Waals surface area contributed by atoms with Crippen LogP contribution in [-0.4, -0.2) is 59.9 Å². The topological polar surface area (TPSA) is 62.7 Å². The third-order valence-electron chi connectivity index (χ3n) is 5.35. The number of carbonyl (C=O) groups is 2. The molecule has 0 spiro atoms. The number of hydrogen-bond acceptors (Lipinski definition) is 7. The standard InChI is InChI=1S/C22H22ClN3O3S2/c1-14-19(31-20(24-14)15-7-12-30-13-15)21(27)26-10-8-25(9-11-26)18(22(28)29-2)16-5-3-4-6-17(16)23/h3-7,12-13,18H,8-11H2,1-2H3. The number of aromatic nitrogens is 1. The van der Waals surface area contributed by atoms with E-state index in [0.717, 1.165) is 21.8 Å². The number of carbonyl (C=O) groups excluding carboxylic acids is 2. The molecule has 1 aliphatic heterocycles. The Hall–Kier alpha value is -2.26. The number of benzene rings is 1. The molecule has 9 heteroatoms. The van der Waals surface area contributed by atoms with Crippen LogP contribution in [-0.2, 0) is 9.53 Å². The van der Waals surface area contributed by atoms with E-state index in [9.17, 15) is 9.59 Å². The van der Waals surface area contributed by atoms with Gasteiger partial charge >= 0.3 is 5.97 Å². The minimum absolute atomic E-state index is 0.0107. The van der Waals surface area contributed by atoms with Crippen LogP contribution in [0.5, 0.6) is 0 Å². The number of piperazine rings is 1. The van der Waals surface area contributed by atoms with E-state index in [1.165, 1.54) is 18.4 Å². The Kier molecular flexibility index (Phi) is 6.71. The van der Waals surface area contributed by atoms with Crippen LogP contribution in [0.4, 0.5) is 0 Å². The van der Waals surface area contributed by atoms with Crippen LogP contribution in [0, 0.1) is 6.92 Å². The van der Waals surface area contributed by atoms with Crippen molar-refractivity contribution in [3.05, 3.63) is 62.2 Å². The number of aryl methyl sites for hydroxylation is 1. The number of esters is 1. The highest BCUT2D eigenvalue weighted by Crippen LogP contribution is 2.32. The number of nitrogens with zero attached hydrogens (tertiary/aromatic N) is 3. The fourth-order valence-electron chi connectivity index (χ4n) is 3.71. The summed E-state index contributed by atoms with van der Waals surface area (Å²) in [5.41, 5.74) is 2.51. The zero-order valence-electron chi connectivity index (χ0n) is 17.2. The van der Waals surface area contributed by atoms with Crippen molar-refractivity contribution >= 4 is 46.2 Å². The fourth-order valence-corrected chi connectivity index (χ4v) is 5.70. The number of thiophene rings is 1. The first-order valence-electron chi connectivity index (χ1n) is 9.85. The maximum Gasteiger partial charge on any atom is 0.327 e. The summed E-state index contributed by atoms with van der Waals surface area (Å²) >= 11 is 9.40. The number of rotatable bonds is 5. The summed E-state index contributed by atoms with van der Waals surface area (Å²) in [7, 11) is 1.38. The van der Waals surface area contributed by atoms with E-state index in [0.29, 0.717) is 36.1 Å². The first kappa shape index (κ1) is 22.0. The van der Waals surface area contributed by atoms with Crippen molar-refractivity contribution in [3.63, 3.8) is 0 Å². The zero-order chi connectivity index (χ0) is 22.0. The largest absolute Gasteiger partial charge is 0.468 e. The minimum atomic E-state index is -0.591. The SMILES string of the molecule is COC(=O)C(c1ccccc1Cl)N1CCN(C(=O)c2sc(-c3ccsc3)nc2C)CC1. The van der Waals surface area contributed by atoms with Crippen LogP contribution in [0.3, 0.4) is 0 Å². The van der Waals surface area contributed by atoms with Gasteiger partial charge in [0, 0.05) is 42.1 Å². The number of hydrogen-bond donors (Lipinski definition) is 0. The van der Waals surface area contributed by atoms with Gasteiger partial charge in [-0.15, -0.1) is 11.3 Å². The normalized spacial score (nSPS) is 15.6. The third kappa shape index (κ3) is 4.52. The quantitative estimate of drug-likeness (QED) is 0.508. The Morgan fingerprint density at radius 3 is 2.55 bits per heavy atom. The smallest absolute Gasteiger partial charge is 0.327 e. The third-order valence-corrected chi connectivity index (χ3v) is 7.57. The van der Waals surface area contributed by atoms with Crippen LogP contribution in [0.15, 0.2) is 41.1 Å². The maximum absolute atomic E-state index is 13.2. The molecular weight excluding hydrogens is 454 g/mol. The van der Waals surface area contributed by atoms with Gasteiger partial charge in [-0.05, 0) is 30.0 Å². The summed E-state index contributed by atoms with van der Waals surface area (Å²) < 4.78 is 5.05. The lowest BCUT2D eigenvalue weighted by Crippen LogP contribution is -2.51. The Morgan fingerprint density at radius 2 is 1.90 bits per heavy atom. The Bertz CT molecular complexity index is 1080. The minimum Gasteiger partial charge on any atom is -0.468 e. The molecule has 1 atom stereocenters. The van der Waals surface area contributed by atoms with Crippen LogP contribution < -0.4 is 0 Å². The van der Waals surface area contributed by atoms with Gasteiger partial charge < -0.3 is 9.64 Å². The second-order valence-corrected chi connectivity index (χ2v) is 9.41. The maximum atomic E-state index is 13.2. The van der Waals surface area contributed by atoms with Gasteiger partial charge in [0.25, 0.3) is 5.91 Å². The number of thiazole rings is 1. The lowest BCUT2D eigenvalue weighted by atomic mass is 10.0. The zero-order valence-corrected chi connectivity index (χ0v) is 19.6. The molecule has 0 aliphatic carbocycles. The van der Waals surface area contributed by atoms with Gasteiger partial charge in [0.05, 0.1) is 12.8 Å². The molecule has 0 saturated carbocycles. The predicted octanol–water partition coefficient (Wildman–Crippen LogP) is 4.51. The molecule has 3 aromatic rings. The second kappa shape index (κ2) is 9.48. The van der Waals surface area contributed by atoms with Crippen LogP contribution in [0.1, 0.15) is 27.0 Å².